The van der Waals surface area contributed by atoms with Crippen molar-refractivity contribution in [1.29, 1.82) is 0 Å². The van der Waals surface area contributed by atoms with Crippen molar-refractivity contribution in [3.63, 3.8) is 0 Å². The smallest absolute Gasteiger partial charge is 0.344 e. The molecule has 2 aromatic rings. The molecule has 0 spiro atoms. The number of esters is 1. The molecule has 0 saturated carbocycles. The van der Waals surface area contributed by atoms with Gasteiger partial charge in [-0.3, -0.25) is 4.79 Å². The number of hydrogen-bond acceptors (Lipinski definition) is 4. The molecule has 1 N–H and O–H groups in total. The van der Waals surface area contributed by atoms with Gasteiger partial charge in [0, 0.05) is 6.54 Å². The van der Waals surface area contributed by atoms with Gasteiger partial charge in [-0.15, -0.1) is 0 Å². The molecule has 0 heterocycles. The summed E-state index contributed by atoms with van der Waals surface area (Å²) in [7, 11) is 0. The van der Waals surface area contributed by atoms with E-state index in [2.05, 4.69) is 21.2 Å². The van der Waals surface area contributed by atoms with Crippen LogP contribution in [0, 0.1) is 5.82 Å². The Hall–Kier alpha value is -2.41. The molecule has 0 fully saturated rings. The van der Waals surface area contributed by atoms with Gasteiger partial charge in [0.2, 0.25) is 0 Å². The average molecular weight is 410 g/mol. The van der Waals surface area contributed by atoms with Gasteiger partial charge < -0.3 is 14.8 Å². The maximum Gasteiger partial charge on any atom is 0.344 e. The van der Waals surface area contributed by atoms with Crippen molar-refractivity contribution in [1.82, 2.24) is 5.32 Å². The van der Waals surface area contributed by atoms with E-state index < -0.39 is 23.8 Å². The van der Waals surface area contributed by atoms with Gasteiger partial charge in [0.1, 0.15) is 11.6 Å². The summed E-state index contributed by atoms with van der Waals surface area (Å²) in [6.07, 6.45) is -0.948. The third-order valence-corrected chi connectivity index (χ3v) is 3.85. The van der Waals surface area contributed by atoms with E-state index >= 15 is 0 Å². The predicted molar refractivity (Wildman–Crippen MR) is 93.4 cm³/mol. The second kappa shape index (κ2) is 9.17. The van der Waals surface area contributed by atoms with Gasteiger partial charge >= 0.3 is 5.97 Å². The van der Waals surface area contributed by atoms with E-state index in [1.165, 1.54) is 25.1 Å². The van der Waals surface area contributed by atoms with Gasteiger partial charge in [-0.1, -0.05) is 30.3 Å². The van der Waals surface area contributed by atoms with E-state index in [-0.39, 0.29) is 6.61 Å². The highest BCUT2D eigenvalue weighted by Gasteiger charge is 2.18. The van der Waals surface area contributed by atoms with Crippen LogP contribution in [0.2, 0.25) is 0 Å². The van der Waals surface area contributed by atoms with Crippen molar-refractivity contribution in [2.45, 2.75) is 19.6 Å². The van der Waals surface area contributed by atoms with Crippen LogP contribution in [0.4, 0.5) is 4.39 Å². The molecule has 1 amide bonds. The summed E-state index contributed by atoms with van der Waals surface area (Å²) in [5.74, 6) is -1.22. The summed E-state index contributed by atoms with van der Waals surface area (Å²) in [6.45, 7) is 1.44. The standard InChI is InChI=1S/C18H17BrFNO4/c1-12(18(23)21-10-13-5-3-2-4-6-13)25-17(22)11-24-16-8-7-14(20)9-15(16)19/h2-9,12H,10-11H2,1H3,(H,21,23). The lowest BCUT2D eigenvalue weighted by molar-refractivity contribution is -0.156. The number of halogens is 2. The Balaban J connectivity index is 1.76. The Morgan fingerprint density at radius 2 is 1.92 bits per heavy atom. The minimum Gasteiger partial charge on any atom is -0.481 e. The summed E-state index contributed by atoms with van der Waals surface area (Å²) in [5, 5.41) is 2.69. The second-order valence-electron chi connectivity index (χ2n) is 5.20. The first kappa shape index (κ1) is 18.9. The van der Waals surface area contributed by atoms with E-state index in [4.69, 9.17) is 9.47 Å². The van der Waals surface area contributed by atoms with Gasteiger partial charge in [0.25, 0.3) is 5.91 Å². The van der Waals surface area contributed by atoms with Crippen LogP contribution >= 0.6 is 15.9 Å². The molecule has 5 nitrogen and oxygen atoms in total. The average Bonchev–Trinajstić information content (AvgIpc) is 2.59. The molecule has 0 aromatic heterocycles. The maximum absolute atomic E-state index is 13.0. The summed E-state index contributed by atoms with van der Waals surface area (Å²) in [6, 6.07) is 13.2. The molecule has 1 unspecified atom stereocenters. The van der Waals surface area contributed by atoms with Crippen LogP contribution in [-0.2, 0) is 20.9 Å². The SMILES string of the molecule is CC(OC(=O)COc1ccc(F)cc1Br)C(=O)NCc1ccccc1. The molecule has 1 atom stereocenters. The Morgan fingerprint density at radius 1 is 1.20 bits per heavy atom. The number of carbonyl (C=O) groups is 2. The van der Waals surface area contributed by atoms with E-state index in [0.29, 0.717) is 16.8 Å². The molecule has 2 rings (SSSR count). The number of rotatable bonds is 7. The Labute approximate surface area is 153 Å². The molecule has 25 heavy (non-hydrogen) atoms. The van der Waals surface area contributed by atoms with Crippen molar-refractivity contribution in [3.05, 3.63) is 64.4 Å². The quantitative estimate of drug-likeness (QED) is 0.713. The summed E-state index contributed by atoms with van der Waals surface area (Å²) in [4.78, 5) is 23.7. The minimum atomic E-state index is -0.948. The highest BCUT2D eigenvalue weighted by atomic mass is 79.9. The molecule has 0 bridgehead atoms. The van der Waals surface area contributed by atoms with Crippen LogP contribution in [0.25, 0.3) is 0 Å². The second-order valence-corrected chi connectivity index (χ2v) is 6.05. The van der Waals surface area contributed by atoms with Gasteiger partial charge in [-0.25, -0.2) is 9.18 Å². The van der Waals surface area contributed by atoms with Gasteiger partial charge in [-0.05, 0) is 46.6 Å². The maximum atomic E-state index is 13.0. The summed E-state index contributed by atoms with van der Waals surface area (Å²) < 4.78 is 23.6. The highest BCUT2D eigenvalue weighted by Crippen LogP contribution is 2.25. The Kier molecular flexibility index (Phi) is 6.94. The highest BCUT2D eigenvalue weighted by molar-refractivity contribution is 9.10. The zero-order chi connectivity index (χ0) is 18.2. The zero-order valence-electron chi connectivity index (χ0n) is 13.5. The van der Waals surface area contributed by atoms with Gasteiger partial charge in [0.15, 0.2) is 12.7 Å². The third-order valence-electron chi connectivity index (χ3n) is 3.23. The first-order chi connectivity index (χ1) is 12.0. The van der Waals surface area contributed by atoms with Crippen molar-refractivity contribution < 1.29 is 23.5 Å². The van der Waals surface area contributed by atoms with E-state index in [9.17, 15) is 14.0 Å². The lowest BCUT2D eigenvalue weighted by Crippen LogP contribution is -2.36. The normalized spacial score (nSPS) is 11.5. The fourth-order valence-corrected chi connectivity index (χ4v) is 2.41. The van der Waals surface area contributed by atoms with Crippen LogP contribution in [0.1, 0.15) is 12.5 Å². The molecular formula is C18H17BrFNO4. The van der Waals surface area contributed by atoms with E-state index in [1.54, 1.807) is 0 Å². The van der Waals surface area contributed by atoms with Crippen LogP contribution in [0.15, 0.2) is 53.0 Å². The number of benzene rings is 2. The Morgan fingerprint density at radius 3 is 2.60 bits per heavy atom. The molecule has 0 aliphatic carbocycles. The monoisotopic (exact) mass is 409 g/mol. The minimum absolute atomic E-state index is 0.305. The molecule has 132 valence electrons. The lowest BCUT2D eigenvalue weighted by Gasteiger charge is -2.14. The zero-order valence-corrected chi connectivity index (χ0v) is 15.1. The van der Waals surface area contributed by atoms with E-state index in [1.807, 2.05) is 30.3 Å². The van der Waals surface area contributed by atoms with Crippen LogP contribution < -0.4 is 10.1 Å². The van der Waals surface area contributed by atoms with E-state index in [0.717, 1.165) is 5.56 Å². The third kappa shape index (κ3) is 6.19. The number of nitrogens with one attached hydrogen (secondary N) is 1. The molecular weight excluding hydrogens is 393 g/mol. The lowest BCUT2D eigenvalue weighted by atomic mass is 10.2. The fraction of sp³-hybridized carbons (Fsp3) is 0.222. The number of hydrogen-bond donors (Lipinski definition) is 1. The van der Waals surface area contributed by atoms with Crippen LogP contribution in [-0.4, -0.2) is 24.6 Å². The molecule has 0 aliphatic rings. The van der Waals surface area contributed by atoms with Crippen LogP contribution in [0.5, 0.6) is 5.75 Å². The topological polar surface area (TPSA) is 64.6 Å². The van der Waals surface area contributed by atoms with Crippen molar-refractivity contribution in [2.24, 2.45) is 0 Å². The number of ether oxygens (including phenoxy) is 2. The number of carbonyl (C=O) groups excluding carboxylic acids is 2. The fourth-order valence-electron chi connectivity index (χ4n) is 1.94. The molecule has 0 aliphatic heterocycles. The van der Waals surface area contributed by atoms with Crippen molar-refractivity contribution in [2.75, 3.05) is 6.61 Å². The first-order valence-electron chi connectivity index (χ1n) is 7.54. The summed E-state index contributed by atoms with van der Waals surface area (Å²) >= 11 is 3.13. The van der Waals surface area contributed by atoms with Gasteiger partial charge in [-0.2, -0.15) is 0 Å². The molecule has 0 saturated heterocycles. The number of amides is 1. The van der Waals surface area contributed by atoms with Crippen molar-refractivity contribution in [3.8, 4) is 5.75 Å². The molecule has 2 aromatic carbocycles. The summed E-state index contributed by atoms with van der Waals surface area (Å²) in [5.41, 5.74) is 0.943. The van der Waals surface area contributed by atoms with Crippen LogP contribution in [0.3, 0.4) is 0 Å². The first-order valence-corrected chi connectivity index (χ1v) is 8.34. The molecule has 0 radical (unpaired) electrons. The molecule has 7 heteroatoms. The Bertz CT molecular complexity index is 739. The largest absolute Gasteiger partial charge is 0.481 e. The predicted octanol–water partition coefficient (Wildman–Crippen LogP) is 3.22. The van der Waals surface area contributed by atoms with Crippen molar-refractivity contribution >= 4 is 27.8 Å². The van der Waals surface area contributed by atoms with Gasteiger partial charge in [0.05, 0.1) is 4.47 Å².